The molecule has 0 spiro atoms. The zero-order chi connectivity index (χ0) is 17.8. The highest BCUT2D eigenvalue weighted by atomic mass is 32.2. The van der Waals surface area contributed by atoms with Crippen LogP contribution in [0.1, 0.15) is 30.2 Å². The quantitative estimate of drug-likeness (QED) is 0.620. The van der Waals surface area contributed by atoms with E-state index < -0.39 is 6.10 Å². The number of hydrogen-bond acceptors (Lipinski definition) is 7. The van der Waals surface area contributed by atoms with Crippen LogP contribution in [0.4, 0.5) is 0 Å². The summed E-state index contributed by atoms with van der Waals surface area (Å²) in [6, 6.07) is 5.19. The summed E-state index contributed by atoms with van der Waals surface area (Å²) in [4.78, 5) is 22.4. The van der Waals surface area contributed by atoms with Gasteiger partial charge in [0.2, 0.25) is 0 Å². The number of nitrogens with zero attached hydrogens (tertiary/aromatic N) is 3. The van der Waals surface area contributed by atoms with Crippen molar-refractivity contribution >= 4 is 17.7 Å². The summed E-state index contributed by atoms with van der Waals surface area (Å²) in [6.07, 6.45) is 2.33. The molecule has 1 saturated heterocycles. The van der Waals surface area contributed by atoms with Crippen molar-refractivity contribution in [2.75, 3.05) is 13.1 Å². The molecule has 7 nitrogen and oxygen atoms in total. The Hall–Kier alpha value is -1.90. The van der Waals surface area contributed by atoms with Gasteiger partial charge in [-0.25, -0.2) is 9.97 Å². The van der Waals surface area contributed by atoms with Crippen LogP contribution in [-0.4, -0.2) is 57.3 Å². The molecule has 0 aliphatic carbocycles. The third kappa shape index (κ3) is 4.59. The molecule has 2 aromatic heterocycles. The molecule has 3 heterocycles. The van der Waals surface area contributed by atoms with Crippen molar-refractivity contribution in [1.29, 1.82) is 0 Å². The molecule has 8 heteroatoms. The maximum Gasteiger partial charge on any atom is 0.289 e. The minimum atomic E-state index is -0.674. The van der Waals surface area contributed by atoms with Gasteiger partial charge in [-0.1, -0.05) is 11.8 Å². The second-order valence-corrected chi connectivity index (χ2v) is 7.03. The van der Waals surface area contributed by atoms with E-state index in [0.29, 0.717) is 23.2 Å². The Morgan fingerprint density at radius 3 is 2.88 bits per heavy atom. The third-order valence-corrected chi connectivity index (χ3v) is 4.63. The number of likely N-dealkylation sites (tertiary alicyclic amines) is 1. The van der Waals surface area contributed by atoms with Crippen molar-refractivity contribution in [3.8, 4) is 0 Å². The summed E-state index contributed by atoms with van der Waals surface area (Å²) in [5.74, 6) is 1.25. The van der Waals surface area contributed by atoms with Crippen LogP contribution in [0.5, 0.6) is 0 Å². The van der Waals surface area contributed by atoms with Gasteiger partial charge in [0.1, 0.15) is 11.9 Å². The lowest BCUT2D eigenvalue weighted by Crippen LogP contribution is -2.30. The van der Waals surface area contributed by atoms with E-state index in [1.54, 1.807) is 35.5 Å². The molecule has 3 rings (SSSR count). The minimum absolute atomic E-state index is 0.00199. The topological polar surface area (TPSA) is 88.7 Å². The SMILES string of the molecule is CC(C)O[C@@H]1CN(C(=O)c2ccc(CSc3ncccn3)o2)C[C@H]1O. The summed E-state index contributed by atoms with van der Waals surface area (Å²) in [5.41, 5.74) is 0. The zero-order valence-electron chi connectivity index (χ0n) is 14.2. The highest BCUT2D eigenvalue weighted by molar-refractivity contribution is 7.98. The predicted molar refractivity (Wildman–Crippen MR) is 92.2 cm³/mol. The van der Waals surface area contributed by atoms with Crippen molar-refractivity contribution in [1.82, 2.24) is 14.9 Å². The maximum atomic E-state index is 12.5. The van der Waals surface area contributed by atoms with Crippen molar-refractivity contribution in [3.05, 3.63) is 42.1 Å². The summed E-state index contributed by atoms with van der Waals surface area (Å²) in [7, 11) is 0. The number of hydrogen-bond donors (Lipinski definition) is 1. The first-order valence-corrected chi connectivity index (χ1v) is 9.13. The number of carbonyl (C=O) groups excluding carboxylic acids is 1. The molecule has 1 N–H and O–H groups in total. The maximum absolute atomic E-state index is 12.5. The number of aliphatic hydroxyl groups is 1. The van der Waals surface area contributed by atoms with Crippen LogP contribution in [0.15, 0.2) is 40.2 Å². The Morgan fingerprint density at radius 1 is 1.40 bits per heavy atom. The Balaban J connectivity index is 1.57. The Kier molecular flexibility index (Phi) is 5.72. The summed E-state index contributed by atoms with van der Waals surface area (Å²) in [5, 5.41) is 10.7. The molecule has 1 fully saturated rings. The Labute approximate surface area is 150 Å². The fraction of sp³-hybridized carbons (Fsp3) is 0.471. The number of furan rings is 1. The molecule has 0 unspecified atom stereocenters. The molecule has 1 aliphatic heterocycles. The zero-order valence-corrected chi connectivity index (χ0v) is 15.0. The molecule has 0 aromatic carbocycles. The van der Waals surface area contributed by atoms with E-state index >= 15 is 0 Å². The van der Waals surface area contributed by atoms with Crippen LogP contribution in [0.2, 0.25) is 0 Å². The van der Waals surface area contributed by atoms with E-state index in [0.717, 1.165) is 0 Å². The van der Waals surface area contributed by atoms with Gasteiger partial charge in [-0.15, -0.1) is 0 Å². The first-order valence-electron chi connectivity index (χ1n) is 8.14. The fourth-order valence-corrected chi connectivity index (χ4v) is 3.33. The van der Waals surface area contributed by atoms with Crippen LogP contribution in [-0.2, 0) is 10.5 Å². The van der Waals surface area contributed by atoms with Crippen LogP contribution in [0.3, 0.4) is 0 Å². The molecule has 2 aromatic rings. The van der Waals surface area contributed by atoms with E-state index in [1.165, 1.54) is 11.8 Å². The molecular weight excluding hydrogens is 342 g/mol. The first-order chi connectivity index (χ1) is 12.0. The summed E-state index contributed by atoms with van der Waals surface area (Å²) >= 11 is 1.44. The highest BCUT2D eigenvalue weighted by Crippen LogP contribution is 2.23. The monoisotopic (exact) mass is 363 g/mol. The average molecular weight is 363 g/mol. The van der Waals surface area contributed by atoms with Gasteiger partial charge in [0.05, 0.1) is 24.5 Å². The lowest BCUT2D eigenvalue weighted by Gasteiger charge is -2.17. The van der Waals surface area contributed by atoms with E-state index in [4.69, 9.17) is 9.15 Å². The number of amides is 1. The minimum Gasteiger partial charge on any atom is -0.455 e. The molecule has 0 bridgehead atoms. The normalized spacial score (nSPS) is 20.4. The molecular formula is C17H21N3O4S. The average Bonchev–Trinajstić information content (AvgIpc) is 3.20. The van der Waals surface area contributed by atoms with E-state index in [1.807, 2.05) is 13.8 Å². The number of aliphatic hydroxyl groups excluding tert-OH is 1. The lowest BCUT2D eigenvalue weighted by molar-refractivity contribution is -0.0394. The van der Waals surface area contributed by atoms with Crippen LogP contribution in [0, 0.1) is 0 Å². The van der Waals surface area contributed by atoms with Gasteiger partial charge in [-0.3, -0.25) is 4.79 Å². The number of aromatic nitrogens is 2. The van der Waals surface area contributed by atoms with Gasteiger partial charge in [-0.05, 0) is 32.0 Å². The Bertz CT molecular complexity index is 707. The van der Waals surface area contributed by atoms with Crippen molar-refractivity contribution in [2.45, 2.75) is 43.1 Å². The first kappa shape index (κ1) is 17.9. The van der Waals surface area contributed by atoms with E-state index in [-0.39, 0.29) is 30.4 Å². The lowest BCUT2D eigenvalue weighted by atomic mass is 10.2. The van der Waals surface area contributed by atoms with Gasteiger partial charge < -0.3 is 19.2 Å². The molecule has 25 heavy (non-hydrogen) atoms. The molecule has 134 valence electrons. The fourth-order valence-electron chi connectivity index (χ4n) is 2.63. The molecule has 2 atom stereocenters. The highest BCUT2D eigenvalue weighted by Gasteiger charge is 2.36. The predicted octanol–water partition coefficient (Wildman–Crippen LogP) is 1.97. The van der Waals surface area contributed by atoms with E-state index in [2.05, 4.69) is 9.97 Å². The van der Waals surface area contributed by atoms with Crippen LogP contribution >= 0.6 is 11.8 Å². The van der Waals surface area contributed by atoms with Gasteiger partial charge in [0.15, 0.2) is 10.9 Å². The summed E-state index contributed by atoms with van der Waals surface area (Å²) in [6.45, 7) is 4.42. The Morgan fingerprint density at radius 2 is 2.16 bits per heavy atom. The molecule has 0 saturated carbocycles. The number of thioether (sulfide) groups is 1. The third-order valence-electron chi connectivity index (χ3n) is 3.73. The summed E-state index contributed by atoms with van der Waals surface area (Å²) < 4.78 is 11.3. The molecule has 0 radical (unpaired) electrons. The molecule has 1 amide bonds. The van der Waals surface area contributed by atoms with Gasteiger partial charge in [0.25, 0.3) is 5.91 Å². The smallest absolute Gasteiger partial charge is 0.289 e. The number of rotatable bonds is 6. The van der Waals surface area contributed by atoms with Crippen molar-refractivity contribution in [3.63, 3.8) is 0 Å². The van der Waals surface area contributed by atoms with Gasteiger partial charge in [0, 0.05) is 18.9 Å². The largest absolute Gasteiger partial charge is 0.455 e. The van der Waals surface area contributed by atoms with E-state index in [9.17, 15) is 9.90 Å². The van der Waals surface area contributed by atoms with Crippen molar-refractivity contribution in [2.24, 2.45) is 0 Å². The number of carbonyl (C=O) groups is 1. The van der Waals surface area contributed by atoms with Gasteiger partial charge in [-0.2, -0.15) is 0 Å². The second-order valence-electron chi connectivity index (χ2n) is 6.09. The molecule has 1 aliphatic rings. The van der Waals surface area contributed by atoms with Gasteiger partial charge >= 0.3 is 0 Å². The van der Waals surface area contributed by atoms with Crippen LogP contribution in [0.25, 0.3) is 0 Å². The second kappa shape index (κ2) is 7.99. The van der Waals surface area contributed by atoms with Crippen LogP contribution < -0.4 is 0 Å². The standard InChI is InChI=1S/C17H21N3O4S/c1-11(2)23-15-9-20(8-13(15)21)16(22)14-5-4-12(24-14)10-25-17-18-6-3-7-19-17/h3-7,11,13,15,21H,8-10H2,1-2H3/t13-,15-/m1/s1. The van der Waals surface area contributed by atoms with Crippen molar-refractivity contribution < 1.29 is 19.1 Å². The number of β-amino-alcohol motifs (C(OH)–C–C–N with tert-alkyl or cyclic N) is 1. The number of ether oxygens (including phenoxy) is 1.